The molecule has 0 fully saturated rings. The summed E-state index contributed by atoms with van der Waals surface area (Å²) in [5, 5.41) is 2.62. The zero-order valence-corrected chi connectivity index (χ0v) is 59.8. The number of nitrogens with one attached hydrogen (secondary N) is 1. The van der Waals surface area contributed by atoms with Gasteiger partial charge in [-0.1, -0.05) is 194 Å². The van der Waals surface area contributed by atoms with Crippen LogP contribution in [0.2, 0.25) is 0 Å². The Hall–Kier alpha value is -2.00. The summed E-state index contributed by atoms with van der Waals surface area (Å²) in [6.45, 7) is 14.6. The lowest BCUT2D eigenvalue weighted by Gasteiger charge is -2.20. The van der Waals surface area contributed by atoms with Crippen molar-refractivity contribution in [3.8, 4) is 0 Å². The summed E-state index contributed by atoms with van der Waals surface area (Å²) in [6, 6.07) is 0. The first-order chi connectivity index (χ1) is 45.7. The average molecular weight is 1360 g/mol. The molecule has 0 aliphatic carbocycles. The second kappa shape index (κ2) is 77.4. The molecule has 0 saturated heterocycles. The zero-order valence-electron chi connectivity index (χ0n) is 58.9. The molecule has 554 valence electrons. The molecule has 0 saturated carbocycles. The van der Waals surface area contributed by atoms with Crippen molar-refractivity contribution >= 4 is 25.7 Å². The molecule has 0 aliphatic heterocycles. The smallest absolute Gasteiger partial charge is 0.462 e. The monoisotopic (exact) mass is 1360 g/mol. The molecule has 1 amide bonds. The minimum absolute atomic E-state index is 0.0575. The first-order valence-electron chi connectivity index (χ1n) is 36.4. The maximum atomic E-state index is 12.9. The maximum Gasteiger partial charge on any atom is 0.472 e. The number of unbranched alkanes of at least 4 members (excludes halogenated alkanes) is 28. The van der Waals surface area contributed by atoms with Crippen LogP contribution in [0.5, 0.6) is 0 Å². The molecule has 0 heterocycles. The number of ether oxygens (including phenoxy) is 15. The molecule has 0 aromatic rings. The second-order valence-corrected chi connectivity index (χ2v) is 24.7. The highest BCUT2D eigenvalue weighted by Gasteiger charge is 2.26. The molecule has 23 nitrogen and oxygen atoms in total. The highest BCUT2D eigenvalue weighted by Crippen LogP contribution is 2.43. The number of amides is 1. The Balaban J connectivity index is 4.05. The van der Waals surface area contributed by atoms with Gasteiger partial charge in [-0.25, -0.2) is 4.57 Å². The first-order valence-corrected chi connectivity index (χ1v) is 37.9. The molecule has 2 atom stereocenters. The first kappa shape index (κ1) is 91.0. The summed E-state index contributed by atoms with van der Waals surface area (Å²) in [4.78, 5) is 48.4. The number of carbonyl (C=O) groups excluding carboxylic acids is 3. The van der Waals surface area contributed by atoms with E-state index in [1.165, 1.54) is 141 Å². The molecule has 0 aliphatic rings. The molecule has 0 spiro atoms. The third-order valence-corrected chi connectivity index (χ3v) is 15.8. The Morgan fingerprint density at radius 2 is 0.591 bits per heavy atom. The van der Waals surface area contributed by atoms with Crippen LogP contribution in [-0.2, 0) is 99.0 Å². The lowest BCUT2D eigenvalue weighted by molar-refractivity contribution is -0.161. The topological polar surface area (TPSA) is 257 Å². The Bertz CT molecular complexity index is 1580. The predicted octanol–water partition coefficient (Wildman–Crippen LogP) is 12.4. The Morgan fingerprint density at radius 3 is 0.892 bits per heavy atom. The highest BCUT2D eigenvalue weighted by molar-refractivity contribution is 7.47. The highest BCUT2D eigenvalue weighted by atomic mass is 31.2. The fourth-order valence-electron chi connectivity index (χ4n) is 9.38. The Labute approximate surface area is 563 Å². The van der Waals surface area contributed by atoms with Gasteiger partial charge in [0, 0.05) is 32.9 Å². The summed E-state index contributed by atoms with van der Waals surface area (Å²) in [5.41, 5.74) is 0. The van der Waals surface area contributed by atoms with Crippen molar-refractivity contribution in [2.24, 2.45) is 0 Å². The third kappa shape index (κ3) is 77.2. The van der Waals surface area contributed by atoms with Crippen LogP contribution in [0.1, 0.15) is 226 Å². The third-order valence-electron chi connectivity index (χ3n) is 14.8. The molecule has 0 aromatic heterocycles. The summed E-state index contributed by atoms with van der Waals surface area (Å²) in [6.07, 6.45) is 35.9. The van der Waals surface area contributed by atoms with Gasteiger partial charge in [0.1, 0.15) is 6.61 Å². The molecule has 0 bridgehead atoms. The van der Waals surface area contributed by atoms with Crippen LogP contribution in [-0.4, -0.2) is 227 Å². The minimum Gasteiger partial charge on any atom is -0.462 e. The molecular formula is C69H136NO22P. The fraction of sp³-hybridized carbons (Fsp3) is 0.957. The average Bonchev–Trinajstić information content (AvgIpc) is 3.37. The van der Waals surface area contributed by atoms with Gasteiger partial charge in [0.25, 0.3) is 0 Å². The number of rotatable bonds is 81. The van der Waals surface area contributed by atoms with Crippen LogP contribution >= 0.6 is 7.82 Å². The predicted molar refractivity (Wildman–Crippen MR) is 361 cm³/mol. The van der Waals surface area contributed by atoms with Crippen LogP contribution < -0.4 is 5.32 Å². The van der Waals surface area contributed by atoms with E-state index in [2.05, 4.69) is 19.2 Å². The van der Waals surface area contributed by atoms with Crippen molar-refractivity contribution in [2.75, 3.05) is 199 Å². The molecular weight excluding hydrogens is 1230 g/mol. The van der Waals surface area contributed by atoms with Gasteiger partial charge < -0.3 is 81.3 Å². The lowest BCUT2D eigenvalue weighted by atomic mass is 10.0. The Kier molecular flexibility index (Phi) is 75.7. The fourth-order valence-corrected chi connectivity index (χ4v) is 10.1. The van der Waals surface area contributed by atoms with Gasteiger partial charge in [-0.05, 0) is 12.8 Å². The summed E-state index contributed by atoms with van der Waals surface area (Å²) in [5.74, 6) is -1.24. The zero-order chi connectivity index (χ0) is 67.4. The Morgan fingerprint density at radius 1 is 0.323 bits per heavy atom. The second-order valence-electron chi connectivity index (χ2n) is 23.2. The van der Waals surface area contributed by atoms with Crippen molar-refractivity contribution in [3.63, 3.8) is 0 Å². The quantitative estimate of drug-likeness (QED) is 0.0326. The van der Waals surface area contributed by atoms with Crippen LogP contribution in [0.15, 0.2) is 0 Å². The van der Waals surface area contributed by atoms with E-state index in [4.69, 9.17) is 80.1 Å². The van der Waals surface area contributed by atoms with Gasteiger partial charge in [-0.2, -0.15) is 0 Å². The standard InChI is InChI=1S/C69H136NO22P/c1-4-6-8-10-12-14-16-18-20-22-24-26-28-30-32-34-68(72)89-64-66(92-69(73)35-33-31-29-27-25-23-21-19-17-15-13-11-9-7-5-2)65-91-93(74,75)90-39-37-70-67(71)36-38-77-42-43-79-46-47-81-50-51-83-54-55-85-58-59-87-62-63-88-61-60-86-57-56-84-53-52-82-49-48-80-45-44-78-41-40-76-3/h66H,4-65H2,1-3H3,(H,70,71)(H,74,75)/t66-/m1/s1. The summed E-state index contributed by atoms with van der Waals surface area (Å²) >= 11 is 0. The van der Waals surface area contributed by atoms with E-state index in [-0.39, 0.29) is 58.1 Å². The molecule has 2 N–H and O–H groups in total. The van der Waals surface area contributed by atoms with Gasteiger partial charge in [0.2, 0.25) is 5.91 Å². The van der Waals surface area contributed by atoms with Gasteiger partial charge in [0.15, 0.2) is 6.10 Å². The van der Waals surface area contributed by atoms with Crippen LogP contribution in [0.25, 0.3) is 0 Å². The molecule has 0 aromatic carbocycles. The van der Waals surface area contributed by atoms with Gasteiger partial charge >= 0.3 is 19.8 Å². The van der Waals surface area contributed by atoms with E-state index in [9.17, 15) is 23.8 Å². The van der Waals surface area contributed by atoms with E-state index >= 15 is 0 Å². The molecule has 93 heavy (non-hydrogen) atoms. The van der Waals surface area contributed by atoms with Crippen LogP contribution in [0.3, 0.4) is 0 Å². The SMILES string of the molecule is CCCCCCCCCCCCCCCCCC(=O)OC[C@H](COP(=O)(O)OCCNC(=O)CCOCCOCCOCCOCCOCCOCCOCCOCCOCCOCCOCCOCCOC)OC(=O)CCCCCCCCCCCCCCCCC. The summed E-state index contributed by atoms with van der Waals surface area (Å²) < 4.78 is 105. The van der Waals surface area contributed by atoms with Crippen molar-refractivity contribution in [1.29, 1.82) is 0 Å². The van der Waals surface area contributed by atoms with Crippen molar-refractivity contribution in [1.82, 2.24) is 5.32 Å². The molecule has 24 heteroatoms. The van der Waals surface area contributed by atoms with Crippen molar-refractivity contribution in [2.45, 2.75) is 232 Å². The van der Waals surface area contributed by atoms with E-state index in [0.29, 0.717) is 165 Å². The molecule has 1 unspecified atom stereocenters. The van der Waals surface area contributed by atoms with Crippen LogP contribution in [0.4, 0.5) is 0 Å². The number of phosphoric ester groups is 1. The van der Waals surface area contributed by atoms with E-state index in [1.807, 2.05) is 0 Å². The van der Waals surface area contributed by atoms with E-state index < -0.39 is 32.5 Å². The number of hydrogen-bond acceptors (Lipinski definition) is 21. The summed E-state index contributed by atoms with van der Waals surface area (Å²) in [7, 11) is -2.98. The largest absolute Gasteiger partial charge is 0.472 e. The minimum atomic E-state index is -4.62. The van der Waals surface area contributed by atoms with Gasteiger partial charge in [0.05, 0.1) is 178 Å². The van der Waals surface area contributed by atoms with Gasteiger partial charge in [-0.3, -0.25) is 23.4 Å². The number of phosphoric acid groups is 1. The molecule has 0 rings (SSSR count). The number of carbonyl (C=O) groups is 3. The normalized spacial score (nSPS) is 12.6. The maximum absolute atomic E-state index is 12.9. The number of esters is 2. The van der Waals surface area contributed by atoms with E-state index in [1.54, 1.807) is 7.11 Å². The van der Waals surface area contributed by atoms with Crippen LogP contribution in [0, 0.1) is 0 Å². The van der Waals surface area contributed by atoms with E-state index in [0.717, 1.165) is 38.5 Å². The number of hydrogen-bond donors (Lipinski definition) is 2. The number of methoxy groups -OCH3 is 1. The van der Waals surface area contributed by atoms with Gasteiger partial charge in [-0.15, -0.1) is 0 Å². The van der Waals surface area contributed by atoms with Crippen molar-refractivity contribution in [3.05, 3.63) is 0 Å². The lowest BCUT2D eigenvalue weighted by Crippen LogP contribution is -2.30. The van der Waals surface area contributed by atoms with Crippen molar-refractivity contribution < 1.29 is 104 Å². The molecule has 0 radical (unpaired) electrons.